The zero-order valence-corrected chi connectivity index (χ0v) is 23.3. The van der Waals surface area contributed by atoms with E-state index in [0.29, 0.717) is 22.3 Å². The first kappa shape index (κ1) is 30.3. The normalized spacial score (nSPS) is 13.2. The Kier molecular flexibility index (Phi) is 10.9. The molecule has 0 aliphatic carbocycles. The smallest absolute Gasteiger partial charge is 0.326 e. The molecule has 5 nitrogen and oxygen atoms in total. The number of benzene rings is 4. The van der Waals surface area contributed by atoms with Crippen LogP contribution in [0, 0.1) is 23.3 Å². The molecule has 0 fully saturated rings. The van der Waals surface area contributed by atoms with Crippen LogP contribution in [-0.2, 0) is 36.0 Å². The molecule has 0 spiro atoms. The van der Waals surface area contributed by atoms with Crippen molar-refractivity contribution in [3.63, 3.8) is 0 Å². The molecule has 0 saturated carbocycles. The molecule has 0 aromatic heterocycles. The second-order valence-electron chi connectivity index (χ2n) is 8.50. The van der Waals surface area contributed by atoms with E-state index in [1.165, 1.54) is 97.1 Å². The fraction of sp³-hybridized carbons (Fsp3) is 0.143. The van der Waals surface area contributed by atoms with Gasteiger partial charge in [0, 0.05) is 22.3 Å². The fourth-order valence-electron chi connectivity index (χ4n) is 3.93. The van der Waals surface area contributed by atoms with Gasteiger partial charge < -0.3 is 9.11 Å². The average molecular weight is 611 g/mol. The zero-order chi connectivity index (χ0) is 28.6. The first-order valence-corrected chi connectivity index (χ1v) is 15.8. The van der Waals surface area contributed by atoms with Gasteiger partial charge in [0.15, 0.2) is 10.5 Å². The second-order valence-corrected chi connectivity index (χ2v) is 12.5. The Morgan fingerprint density at radius 3 is 0.975 bits per heavy atom. The molecule has 210 valence electrons. The van der Waals surface area contributed by atoms with Crippen LogP contribution in [0.15, 0.2) is 97.1 Å². The van der Waals surface area contributed by atoms with Crippen LogP contribution in [-0.4, -0.2) is 21.0 Å². The van der Waals surface area contributed by atoms with Gasteiger partial charge in [0.05, 0.1) is 0 Å². The summed E-state index contributed by atoms with van der Waals surface area (Å²) in [4.78, 5) is 0. The molecule has 2 atom stereocenters. The first-order valence-electron chi connectivity index (χ1n) is 11.8. The molecule has 4 aromatic rings. The summed E-state index contributed by atoms with van der Waals surface area (Å²) < 4.78 is 103. The van der Waals surface area contributed by atoms with Crippen molar-refractivity contribution in [2.45, 2.75) is 10.5 Å². The Morgan fingerprint density at radius 1 is 0.525 bits per heavy atom. The maximum atomic E-state index is 13.5. The molecule has 4 aromatic carbocycles. The third-order valence-corrected chi connectivity index (χ3v) is 9.82. The van der Waals surface area contributed by atoms with E-state index in [2.05, 4.69) is 0 Å². The van der Waals surface area contributed by atoms with E-state index in [1.54, 1.807) is 0 Å². The van der Waals surface area contributed by atoms with Gasteiger partial charge in [-0.3, -0.25) is 13.6 Å². The maximum Gasteiger partial charge on any atom is 0.326 e. The topological polar surface area (TPSA) is 81.7 Å². The van der Waals surface area contributed by atoms with Crippen molar-refractivity contribution >= 4 is 30.6 Å². The summed E-state index contributed by atoms with van der Waals surface area (Å²) in [6.45, 7) is 0. The summed E-state index contributed by atoms with van der Waals surface area (Å²) in [7, 11) is -3.27. The van der Waals surface area contributed by atoms with Crippen molar-refractivity contribution in [2.24, 2.45) is 0 Å². The minimum Gasteiger partial charge on any atom is -0.614 e. The van der Waals surface area contributed by atoms with Crippen LogP contribution in [0.1, 0.15) is 32.8 Å². The highest BCUT2D eigenvalue weighted by molar-refractivity contribution is 7.92. The summed E-state index contributed by atoms with van der Waals surface area (Å²) in [5.74, 6) is -3.04. The van der Waals surface area contributed by atoms with Gasteiger partial charge in [-0.25, -0.2) is 17.6 Å². The predicted octanol–water partition coefficient (Wildman–Crippen LogP) is 6.96. The van der Waals surface area contributed by atoms with E-state index in [0.717, 1.165) is 0 Å². The van der Waals surface area contributed by atoms with Crippen LogP contribution in [0.2, 0.25) is 0 Å². The molecule has 40 heavy (non-hydrogen) atoms. The van der Waals surface area contributed by atoms with Crippen LogP contribution in [0.4, 0.5) is 17.6 Å². The lowest BCUT2D eigenvalue weighted by Crippen LogP contribution is -2.20. The molecule has 0 heterocycles. The molecule has 12 heteroatoms. The van der Waals surface area contributed by atoms with E-state index in [4.69, 9.17) is 9.05 Å². The van der Waals surface area contributed by atoms with Gasteiger partial charge in [-0.15, -0.1) is 0 Å². The van der Waals surface area contributed by atoms with Gasteiger partial charge in [-0.2, -0.15) is 0 Å². The molecule has 0 amide bonds. The molecule has 0 unspecified atom stereocenters. The Labute approximate surface area is 235 Å². The zero-order valence-electron chi connectivity index (χ0n) is 20.7. The second kappa shape index (κ2) is 14.3. The Balaban J connectivity index is 1.41. The highest BCUT2D eigenvalue weighted by atomic mass is 32.2. The maximum absolute atomic E-state index is 13.5. The standard InChI is InChI=1S/C28H23F4O5PS2/c29-23-9-1-19(2-10-23)27(20-3-11-24(30)12-4-20)39(34)17-36-38(33)37-18-40(35)28(21-5-13-25(31)14-6-21)22-7-15-26(32)16-8-22/h1-16,27-28,38H,17-18H2/t39-,40-/m1/s1. The highest BCUT2D eigenvalue weighted by Gasteiger charge is 2.30. The van der Waals surface area contributed by atoms with Gasteiger partial charge >= 0.3 is 8.25 Å². The molecular formula is C28H23F4O5PS2. The summed E-state index contributed by atoms with van der Waals surface area (Å²) in [5.41, 5.74) is 1.88. The number of rotatable bonds is 12. The Hall–Kier alpha value is -2.63. The number of hydrogen-bond acceptors (Lipinski definition) is 5. The van der Waals surface area contributed by atoms with E-state index >= 15 is 0 Å². The van der Waals surface area contributed by atoms with Gasteiger partial charge in [0.2, 0.25) is 11.9 Å². The van der Waals surface area contributed by atoms with Gasteiger partial charge in [0.1, 0.15) is 23.3 Å². The quantitative estimate of drug-likeness (QED) is 0.0985. The minimum atomic E-state index is -3.27. The number of halogens is 4. The van der Waals surface area contributed by atoms with Crippen LogP contribution in [0.25, 0.3) is 0 Å². The van der Waals surface area contributed by atoms with Crippen molar-refractivity contribution in [2.75, 3.05) is 11.9 Å². The lowest BCUT2D eigenvalue weighted by molar-refractivity contribution is 0.274. The van der Waals surface area contributed by atoms with Crippen molar-refractivity contribution in [1.82, 2.24) is 0 Å². The van der Waals surface area contributed by atoms with E-state index in [1.807, 2.05) is 0 Å². The molecule has 0 saturated heterocycles. The largest absolute Gasteiger partial charge is 0.614 e. The average Bonchev–Trinajstić information content (AvgIpc) is 2.95. The van der Waals surface area contributed by atoms with Crippen molar-refractivity contribution in [3.8, 4) is 0 Å². The molecule has 0 bridgehead atoms. The lowest BCUT2D eigenvalue weighted by atomic mass is 10.0. The third-order valence-electron chi connectivity index (χ3n) is 5.80. The molecule has 4 rings (SSSR count). The first-order chi connectivity index (χ1) is 19.2. The minimum absolute atomic E-state index is 0.470. The molecule has 0 N–H and O–H groups in total. The highest BCUT2D eigenvalue weighted by Crippen LogP contribution is 2.36. The van der Waals surface area contributed by atoms with E-state index < -0.39 is 76.3 Å². The van der Waals surface area contributed by atoms with Crippen molar-refractivity contribution < 1.29 is 40.3 Å². The van der Waals surface area contributed by atoms with Crippen LogP contribution in [0.5, 0.6) is 0 Å². The van der Waals surface area contributed by atoms with Crippen LogP contribution in [0.3, 0.4) is 0 Å². The summed E-state index contributed by atoms with van der Waals surface area (Å²) in [6, 6.07) is 21.1. The number of hydrogen-bond donors (Lipinski definition) is 0. The Bertz CT molecular complexity index is 1200. The van der Waals surface area contributed by atoms with E-state index in [9.17, 15) is 31.2 Å². The molecule has 0 aliphatic heterocycles. The molecule has 0 radical (unpaired) electrons. The van der Waals surface area contributed by atoms with E-state index in [-0.39, 0.29) is 0 Å². The summed E-state index contributed by atoms with van der Waals surface area (Å²) in [6.07, 6.45) is 0. The van der Waals surface area contributed by atoms with Gasteiger partial charge in [-0.05, 0) is 70.9 Å². The molecular weight excluding hydrogens is 587 g/mol. The van der Waals surface area contributed by atoms with Crippen LogP contribution < -0.4 is 0 Å². The monoisotopic (exact) mass is 610 g/mol. The Morgan fingerprint density at radius 2 is 0.750 bits per heavy atom. The summed E-state index contributed by atoms with van der Waals surface area (Å²) >= 11 is -3.70. The SMILES string of the molecule is O=[PH](OC[S@@+]([O-])C(c1ccc(F)cc1)c1ccc(F)cc1)OC[S@@+]([O-])C(c1ccc(F)cc1)c1ccc(F)cc1. The predicted molar refractivity (Wildman–Crippen MR) is 146 cm³/mol. The van der Waals surface area contributed by atoms with Crippen LogP contribution >= 0.6 is 8.25 Å². The molecule has 0 aliphatic rings. The van der Waals surface area contributed by atoms with Crippen molar-refractivity contribution in [3.05, 3.63) is 143 Å². The van der Waals surface area contributed by atoms with Gasteiger partial charge in [-0.1, -0.05) is 48.5 Å². The van der Waals surface area contributed by atoms with Crippen molar-refractivity contribution in [1.29, 1.82) is 0 Å². The van der Waals surface area contributed by atoms with Gasteiger partial charge in [0.25, 0.3) is 0 Å². The fourth-order valence-corrected chi connectivity index (χ4v) is 7.83. The third kappa shape index (κ3) is 8.20. The lowest BCUT2D eigenvalue weighted by Gasteiger charge is -2.23. The summed E-state index contributed by atoms with van der Waals surface area (Å²) in [5, 5.41) is -1.68.